The fourth-order valence-electron chi connectivity index (χ4n) is 1.65. The van der Waals surface area contributed by atoms with Gasteiger partial charge in [-0.3, -0.25) is 0 Å². The lowest BCUT2D eigenvalue weighted by Gasteiger charge is -2.12. The van der Waals surface area contributed by atoms with E-state index in [0.717, 1.165) is 12.8 Å². The van der Waals surface area contributed by atoms with E-state index in [0.29, 0.717) is 12.5 Å². The molecule has 6 heteroatoms. The van der Waals surface area contributed by atoms with Crippen LogP contribution >= 0.6 is 0 Å². The summed E-state index contributed by atoms with van der Waals surface area (Å²) >= 11 is 0. The minimum absolute atomic E-state index is 0.0216. The predicted octanol–water partition coefficient (Wildman–Crippen LogP) is -0.0225. The number of hydrogen-bond donors (Lipinski definition) is 2. The van der Waals surface area contributed by atoms with Crippen molar-refractivity contribution < 1.29 is 14.6 Å². The molecular weight excluding hydrogens is 210 g/mol. The molecule has 1 aromatic heterocycles. The molecule has 0 bridgehead atoms. The summed E-state index contributed by atoms with van der Waals surface area (Å²) in [5.74, 6) is 0.640. The SMILES string of the molecule is Nc1nccc(OC[C@H]2CC[C@@H](CO)O2)n1. The number of aliphatic hydroxyl groups excluding tert-OH is 1. The number of nitrogens with two attached hydrogens (primary N) is 1. The Morgan fingerprint density at radius 3 is 3.00 bits per heavy atom. The Kier molecular flexibility index (Phi) is 3.53. The zero-order valence-corrected chi connectivity index (χ0v) is 8.87. The Morgan fingerprint density at radius 1 is 1.50 bits per heavy atom. The Bertz CT molecular complexity index is 348. The fourth-order valence-corrected chi connectivity index (χ4v) is 1.65. The zero-order chi connectivity index (χ0) is 11.4. The molecule has 88 valence electrons. The van der Waals surface area contributed by atoms with Crippen molar-refractivity contribution in [1.82, 2.24) is 9.97 Å². The third-order valence-electron chi connectivity index (χ3n) is 2.46. The molecule has 1 aliphatic heterocycles. The van der Waals surface area contributed by atoms with E-state index in [2.05, 4.69) is 9.97 Å². The monoisotopic (exact) mass is 225 g/mol. The van der Waals surface area contributed by atoms with Crippen LogP contribution in [-0.2, 0) is 4.74 Å². The Labute approximate surface area is 93.4 Å². The van der Waals surface area contributed by atoms with Crippen LogP contribution in [0.5, 0.6) is 5.88 Å². The molecule has 3 N–H and O–H groups in total. The number of aliphatic hydroxyl groups is 1. The second kappa shape index (κ2) is 5.09. The molecule has 0 unspecified atom stereocenters. The van der Waals surface area contributed by atoms with E-state index >= 15 is 0 Å². The first-order valence-electron chi connectivity index (χ1n) is 5.25. The molecule has 16 heavy (non-hydrogen) atoms. The van der Waals surface area contributed by atoms with Gasteiger partial charge in [-0.05, 0) is 12.8 Å². The van der Waals surface area contributed by atoms with Crippen molar-refractivity contribution in [1.29, 1.82) is 0 Å². The van der Waals surface area contributed by atoms with Gasteiger partial charge in [-0.1, -0.05) is 0 Å². The van der Waals surface area contributed by atoms with Crippen LogP contribution in [0.3, 0.4) is 0 Å². The smallest absolute Gasteiger partial charge is 0.223 e. The van der Waals surface area contributed by atoms with E-state index in [9.17, 15) is 0 Å². The molecule has 0 spiro atoms. The van der Waals surface area contributed by atoms with Gasteiger partial charge in [0, 0.05) is 12.3 Å². The molecule has 0 saturated carbocycles. The summed E-state index contributed by atoms with van der Waals surface area (Å²) in [5.41, 5.74) is 5.42. The van der Waals surface area contributed by atoms with Crippen molar-refractivity contribution in [2.24, 2.45) is 0 Å². The molecule has 0 amide bonds. The lowest BCUT2D eigenvalue weighted by Crippen LogP contribution is -2.20. The van der Waals surface area contributed by atoms with Gasteiger partial charge in [0.15, 0.2) is 0 Å². The second-order valence-electron chi connectivity index (χ2n) is 3.70. The molecule has 2 atom stereocenters. The van der Waals surface area contributed by atoms with Gasteiger partial charge in [0.1, 0.15) is 6.61 Å². The number of aromatic nitrogens is 2. The molecule has 0 aromatic carbocycles. The summed E-state index contributed by atoms with van der Waals surface area (Å²) in [6, 6.07) is 1.65. The molecule has 0 radical (unpaired) electrons. The van der Waals surface area contributed by atoms with Crippen molar-refractivity contribution in [3.8, 4) is 5.88 Å². The van der Waals surface area contributed by atoms with E-state index < -0.39 is 0 Å². The first kappa shape index (κ1) is 11.1. The van der Waals surface area contributed by atoms with Crippen LogP contribution in [0.2, 0.25) is 0 Å². The highest BCUT2D eigenvalue weighted by molar-refractivity contribution is 5.20. The lowest BCUT2D eigenvalue weighted by atomic mass is 10.2. The van der Waals surface area contributed by atoms with Gasteiger partial charge in [-0.15, -0.1) is 0 Å². The topological polar surface area (TPSA) is 90.5 Å². The molecule has 6 nitrogen and oxygen atoms in total. The Morgan fingerprint density at radius 2 is 2.31 bits per heavy atom. The van der Waals surface area contributed by atoms with Crippen molar-refractivity contribution in [2.75, 3.05) is 18.9 Å². The van der Waals surface area contributed by atoms with Gasteiger partial charge in [0.25, 0.3) is 0 Å². The van der Waals surface area contributed by atoms with Gasteiger partial charge in [-0.25, -0.2) is 4.98 Å². The van der Waals surface area contributed by atoms with Crippen LogP contribution in [0.15, 0.2) is 12.3 Å². The van der Waals surface area contributed by atoms with Crippen LogP contribution in [-0.4, -0.2) is 40.5 Å². The molecular formula is C10H15N3O3. The first-order chi connectivity index (χ1) is 7.78. The Hall–Kier alpha value is -1.40. The summed E-state index contributed by atoms with van der Waals surface area (Å²) in [5, 5.41) is 8.90. The van der Waals surface area contributed by atoms with E-state index in [1.54, 1.807) is 12.3 Å². The highest BCUT2D eigenvalue weighted by Crippen LogP contribution is 2.20. The molecule has 0 aliphatic carbocycles. The Balaban J connectivity index is 1.80. The summed E-state index contributed by atoms with van der Waals surface area (Å²) in [6.45, 7) is 0.490. The van der Waals surface area contributed by atoms with Gasteiger partial charge in [0.2, 0.25) is 11.8 Å². The maximum Gasteiger partial charge on any atom is 0.223 e. The van der Waals surface area contributed by atoms with Crippen LogP contribution in [0, 0.1) is 0 Å². The first-order valence-corrected chi connectivity index (χ1v) is 5.25. The number of hydrogen-bond acceptors (Lipinski definition) is 6. The molecule has 2 rings (SSSR count). The van der Waals surface area contributed by atoms with Gasteiger partial charge in [0.05, 0.1) is 18.8 Å². The molecule has 2 heterocycles. The number of anilines is 1. The van der Waals surface area contributed by atoms with E-state index in [-0.39, 0.29) is 24.8 Å². The van der Waals surface area contributed by atoms with E-state index in [1.807, 2.05) is 0 Å². The third kappa shape index (κ3) is 2.80. The third-order valence-corrected chi connectivity index (χ3v) is 2.46. The average Bonchev–Trinajstić information content (AvgIpc) is 2.74. The molecule has 1 aliphatic rings. The lowest BCUT2D eigenvalue weighted by molar-refractivity contribution is -0.00787. The van der Waals surface area contributed by atoms with Crippen LogP contribution in [0.4, 0.5) is 5.95 Å². The van der Waals surface area contributed by atoms with Crippen molar-refractivity contribution in [2.45, 2.75) is 25.0 Å². The fraction of sp³-hybridized carbons (Fsp3) is 0.600. The minimum Gasteiger partial charge on any atom is -0.475 e. The highest BCUT2D eigenvalue weighted by Gasteiger charge is 2.25. The summed E-state index contributed by atoms with van der Waals surface area (Å²) in [6.07, 6.45) is 3.28. The molecule has 1 saturated heterocycles. The van der Waals surface area contributed by atoms with Crippen molar-refractivity contribution >= 4 is 5.95 Å². The molecule has 1 fully saturated rings. The summed E-state index contributed by atoms with van der Waals surface area (Å²) in [7, 11) is 0. The molecule has 1 aromatic rings. The maximum atomic E-state index is 8.90. The maximum absolute atomic E-state index is 8.90. The number of nitrogens with zero attached hydrogens (tertiary/aromatic N) is 2. The highest BCUT2D eigenvalue weighted by atomic mass is 16.6. The number of nitrogen functional groups attached to an aromatic ring is 1. The van der Waals surface area contributed by atoms with Gasteiger partial charge < -0.3 is 20.3 Å². The zero-order valence-electron chi connectivity index (χ0n) is 8.87. The van der Waals surface area contributed by atoms with Gasteiger partial charge in [-0.2, -0.15) is 4.98 Å². The van der Waals surface area contributed by atoms with Gasteiger partial charge >= 0.3 is 0 Å². The summed E-state index contributed by atoms with van der Waals surface area (Å²) < 4.78 is 10.9. The van der Waals surface area contributed by atoms with E-state index in [4.69, 9.17) is 20.3 Å². The predicted molar refractivity (Wildman–Crippen MR) is 56.9 cm³/mol. The minimum atomic E-state index is -0.0518. The average molecular weight is 225 g/mol. The second-order valence-corrected chi connectivity index (χ2v) is 3.70. The number of rotatable bonds is 4. The summed E-state index contributed by atoms with van der Waals surface area (Å²) in [4.78, 5) is 7.68. The van der Waals surface area contributed by atoms with Crippen molar-refractivity contribution in [3.63, 3.8) is 0 Å². The number of ether oxygens (including phenoxy) is 2. The largest absolute Gasteiger partial charge is 0.475 e. The van der Waals surface area contributed by atoms with E-state index in [1.165, 1.54) is 0 Å². The normalized spacial score (nSPS) is 24.6. The van der Waals surface area contributed by atoms with Crippen molar-refractivity contribution in [3.05, 3.63) is 12.3 Å². The van der Waals surface area contributed by atoms with Crippen LogP contribution in [0.25, 0.3) is 0 Å². The standard InChI is InChI=1S/C10H15N3O3/c11-10-12-4-3-9(13-10)15-6-8-2-1-7(5-14)16-8/h3-4,7-8,14H,1-2,5-6H2,(H2,11,12,13)/t7-,8+/m0/s1. The van der Waals surface area contributed by atoms with Crippen LogP contribution in [0.1, 0.15) is 12.8 Å². The van der Waals surface area contributed by atoms with Crippen LogP contribution < -0.4 is 10.5 Å². The quantitative estimate of drug-likeness (QED) is 0.748.